The second-order valence-corrected chi connectivity index (χ2v) is 4.92. The van der Waals surface area contributed by atoms with Crippen LogP contribution in [0.25, 0.3) is 0 Å². The van der Waals surface area contributed by atoms with Crippen molar-refractivity contribution in [3.8, 4) is 5.75 Å². The first-order valence-electron chi connectivity index (χ1n) is 6.81. The standard InChI is InChI=1S/C16H15N3O3/c17-14(20)9-22-11-7-5-10(6-8-11)15-18-13-4-2-1-3-12(13)16(21)19-15/h1-8,15,18H,9H2,(H2,17,20)(H,19,21)/t15-/m0/s1. The lowest BCUT2D eigenvalue weighted by Gasteiger charge is -2.28. The molecule has 0 saturated heterocycles. The third-order valence-electron chi connectivity index (χ3n) is 3.34. The summed E-state index contributed by atoms with van der Waals surface area (Å²) in [6.45, 7) is -0.162. The number of nitrogens with two attached hydrogens (primary N) is 1. The van der Waals surface area contributed by atoms with Crippen LogP contribution < -0.4 is 21.1 Å². The van der Waals surface area contributed by atoms with Crippen molar-refractivity contribution in [1.29, 1.82) is 0 Å². The Kier molecular flexibility index (Phi) is 3.65. The van der Waals surface area contributed by atoms with E-state index in [4.69, 9.17) is 10.5 Å². The fourth-order valence-electron chi connectivity index (χ4n) is 2.29. The molecule has 0 aliphatic carbocycles. The highest BCUT2D eigenvalue weighted by Crippen LogP contribution is 2.27. The molecule has 6 heteroatoms. The molecule has 0 bridgehead atoms. The highest BCUT2D eigenvalue weighted by molar-refractivity contribution is 6.01. The molecule has 1 heterocycles. The van der Waals surface area contributed by atoms with Gasteiger partial charge in [0.15, 0.2) is 6.61 Å². The van der Waals surface area contributed by atoms with Crippen LogP contribution in [0.3, 0.4) is 0 Å². The van der Waals surface area contributed by atoms with Gasteiger partial charge < -0.3 is 21.1 Å². The number of hydrogen-bond donors (Lipinski definition) is 3. The van der Waals surface area contributed by atoms with Crippen LogP contribution in [-0.2, 0) is 4.79 Å². The Balaban J connectivity index is 1.75. The molecule has 2 amide bonds. The second-order valence-electron chi connectivity index (χ2n) is 4.92. The molecule has 4 N–H and O–H groups in total. The summed E-state index contributed by atoms with van der Waals surface area (Å²) >= 11 is 0. The summed E-state index contributed by atoms with van der Waals surface area (Å²) in [7, 11) is 0. The first-order valence-corrected chi connectivity index (χ1v) is 6.81. The van der Waals surface area contributed by atoms with Gasteiger partial charge in [0, 0.05) is 5.69 Å². The van der Waals surface area contributed by atoms with Crippen LogP contribution in [0.4, 0.5) is 5.69 Å². The van der Waals surface area contributed by atoms with E-state index in [2.05, 4.69) is 10.6 Å². The number of fused-ring (bicyclic) bond motifs is 1. The zero-order valence-corrected chi connectivity index (χ0v) is 11.7. The van der Waals surface area contributed by atoms with Crippen LogP contribution in [0.1, 0.15) is 22.1 Å². The maximum absolute atomic E-state index is 12.1. The van der Waals surface area contributed by atoms with Crippen molar-refractivity contribution in [3.05, 3.63) is 59.7 Å². The minimum atomic E-state index is -0.526. The second kappa shape index (κ2) is 5.77. The van der Waals surface area contributed by atoms with E-state index < -0.39 is 5.91 Å². The zero-order chi connectivity index (χ0) is 15.5. The van der Waals surface area contributed by atoms with Crippen molar-refractivity contribution in [2.75, 3.05) is 11.9 Å². The first-order chi connectivity index (χ1) is 10.6. The number of benzene rings is 2. The smallest absolute Gasteiger partial charge is 0.255 e. The van der Waals surface area contributed by atoms with E-state index in [1.165, 1.54) is 0 Å². The molecule has 0 spiro atoms. The van der Waals surface area contributed by atoms with Gasteiger partial charge in [0.2, 0.25) is 0 Å². The normalized spacial score (nSPS) is 16.2. The van der Waals surface area contributed by atoms with Gasteiger partial charge in [0.1, 0.15) is 11.9 Å². The van der Waals surface area contributed by atoms with Gasteiger partial charge in [-0.3, -0.25) is 9.59 Å². The molecule has 6 nitrogen and oxygen atoms in total. The highest BCUT2D eigenvalue weighted by atomic mass is 16.5. The van der Waals surface area contributed by atoms with Crippen molar-refractivity contribution in [3.63, 3.8) is 0 Å². The van der Waals surface area contributed by atoms with Crippen molar-refractivity contribution in [2.45, 2.75) is 6.17 Å². The Hall–Kier alpha value is -3.02. The topological polar surface area (TPSA) is 93.5 Å². The summed E-state index contributed by atoms with van der Waals surface area (Å²) < 4.78 is 5.20. The van der Waals surface area contributed by atoms with Gasteiger partial charge in [-0.2, -0.15) is 0 Å². The summed E-state index contributed by atoms with van der Waals surface area (Å²) in [4.78, 5) is 22.8. The molecule has 0 radical (unpaired) electrons. The van der Waals surface area contributed by atoms with Gasteiger partial charge in [0.05, 0.1) is 5.56 Å². The maximum Gasteiger partial charge on any atom is 0.255 e. The summed E-state index contributed by atoms with van der Waals surface area (Å²) in [6, 6.07) is 14.4. The van der Waals surface area contributed by atoms with Crippen LogP contribution in [0.2, 0.25) is 0 Å². The SMILES string of the molecule is NC(=O)COc1ccc([C@@H]2NC(=O)c3ccccc3N2)cc1. The predicted molar refractivity (Wildman–Crippen MR) is 81.4 cm³/mol. The Morgan fingerprint density at radius 3 is 2.55 bits per heavy atom. The third kappa shape index (κ3) is 2.85. The monoisotopic (exact) mass is 297 g/mol. The Morgan fingerprint density at radius 1 is 1.09 bits per heavy atom. The average Bonchev–Trinajstić information content (AvgIpc) is 2.53. The maximum atomic E-state index is 12.1. The minimum Gasteiger partial charge on any atom is -0.484 e. The number of ether oxygens (including phenoxy) is 1. The molecule has 2 aromatic rings. The van der Waals surface area contributed by atoms with Gasteiger partial charge in [-0.25, -0.2) is 0 Å². The van der Waals surface area contributed by atoms with Gasteiger partial charge >= 0.3 is 0 Å². The predicted octanol–water partition coefficient (Wildman–Crippen LogP) is 1.40. The number of rotatable bonds is 4. The molecule has 1 aliphatic heterocycles. The molecule has 112 valence electrons. The molecule has 1 aliphatic rings. The molecular weight excluding hydrogens is 282 g/mol. The van der Waals surface area contributed by atoms with Crippen LogP contribution >= 0.6 is 0 Å². The first kappa shape index (κ1) is 13.9. The Bertz CT molecular complexity index is 713. The summed E-state index contributed by atoms with van der Waals surface area (Å²) in [5.74, 6) is -0.0969. The van der Waals surface area contributed by atoms with E-state index >= 15 is 0 Å². The van der Waals surface area contributed by atoms with E-state index in [1.807, 2.05) is 30.3 Å². The van der Waals surface area contributed by atoms with Crippen LogP contribution in [0.5, 0.6) is 5.75 Å². The third-order valence-corrected chi connectivity index (χ3v) is 3.34. The number of carbonyl (C=O) groups is 2. The number of primary amides is 1. The van der Waals surface area contributed by atoms with Crippen molar-refractivity contribution in [1.82, 2.24) is 5.32 Å². The number of hydrogen-bond acceptors (Lipinski definition) is 4. The molecule has 3 rings (SSSR count). The fraction of sp³-hybridized carbons (Fsp3) is 0.125. The Labute approximate surface area is 127 Å². The van der Waals surface area contributed by atoms with E-state index in [9.17, 15) is 9.59 Å². The van der Waals surface area contributed by atoms with E-state index in [1.54, 1.807) is 18.2 Å². The van der Waals surface area contributed by atoms with Crippen LogP contribution in [0, 0.1) is 0 Å². The lowest BCUT2D eigenvalue weighted by atomic mass is 10.1. The lowest BCUT2D eigenvalue weighted by Crippen LogP contribution is -2.38. The average molecular weight is 297 g/mol. The van der Waals surface area contributed by atoms with Crippen molar-refractivity contribution < 1.29 is 14.3 Å². The molecule has 0 fully saturated rings. The molecule has 1 atom stereocenters. The fourth-order valence-corrected chi connectivity index (χ4v) is 2.29. The molecule has 0 saturated carbocycles. The minimum absolute atomic E-state index is 0.117. The quantitative estimate of drug-likeness (QED) is 0.795. The number of para-hydroxylation sites is 1. The van der Waals surface area contributed by atoms with E-state index in [-0.39, 0.29) is 18.7 Å². The van der Waals surface area contributed by atoms with Gasteiger partial charge in [0.25, 0.3) is 11.8 Å². The summed E-state index contributed by atoms with van der Waals surface area (Å²) in [5.41, 5.74) is 7.33. The zero-order valence-electron chi connectivity index (χ0n) is 11.7. The largest absolute Gasteiger partial charge is 0.484 e. The van der Waals surface area contributed by atoms with Crippen molar-refractivity contribution >= 4 is 17.5 Å². The molecule has 0 aromatic heterocycles. The number of nitrogens with one attached hydrogen (secondary N) is 2. The molecule has 22 heavy (non-hydrogen) atoms. The lowest BCUT2D eigenvalue weighted by molar-refractivity contribution is -0.119. The highest BCUT2D eigenvalue weighted by Gasteiger charge is 2.23. The number of amides is 2. The van der Waals surface area contributed by atoms with Gasteiger partial charge in [-0.15, -0.1) is 0 Å². The van der Waals surface area contributed by atoms with Crippen LogP contribution in [-0.4, -0.2) is 18.4 Å². The van der Waals surface area contributed by atoms with Crippen LogP contribution in [0.15, 0.2) is 48.5 Å². The van der Waals surface area contributed by atoms with Gasteiger partial charge in [-0.1, -0.05) is 24.3 Å². The molecular formula is C16H15N3O3. The Morgan fingerprint density at radius 2 is 1.82 bits per heavy atom. The van der Waals surface area contributed by atoms with E-state index in [0.29, 0.717) is 11.3 Å². The molecule has 0 unspecified atom stereocenters. The van der Waals surface area contributed by atoms with Gasteiger partial charge in [-0.05, 0) is 29.8 Å². The van der Waals surface area contributed by atoms with Crippen molar-refractivity contribution in [2.24, 2.45) is 5.73 Å². The summed E-state index contributed by atoms with van der Waals surface area (Å²) in [5, 5.41) is 6.16. The summed E-state index contributed by atoms with van der Waals surface area (Å²) in [6.07, 6.45) is -0.312. The van der Waals surface area contributed by atoms with E-state index in [0.717, 1.165) is 11.3 Å². The number of carbonyl (C=O) groups excluding carboxylic acids is 2. The number of anilines is 1. The molecule has 2 aromatic carbocycles.